The van der Waals surface area contributed by atoms with Crippen LogP contribution in [0.4, 0.5) is 16.1 Å². The second-order valence-electron chi connectivity index (χ2n) is 4.92. The molecule has 0 atom stereocenters. The third kappa shape index (κ3) is 3.14. The summed E-state index contributed by atoms with van der Waals surface area (Å²) in [5, 5.41) is 14.0. The van der Waals surface area contributed by atoms with E-state index in [9.17, 15) is 4.39 Å². The summed E-state index contributed by atoms with van der Waals surface area (Å²) in [7, 11) is 0. The van der Waals surface area contributed by atoms with Crippen LogP contribution < -0.4 is 11.1 Å². The molecule has 122 valence electrons. The molecule has 0 amide bonds. The first kappa shape index (κ1) is 15.4. The lowest BCUT2D eigenvalue weighted by Gasteiger charge is -2.04. The number of pyridine rings is 2. The molecule has 3 aromatic heterocycles. The average Bonchev–Trinajstić information content (AvgIpc) is 3.03. The van der Waals surface area contributed by atoms with Gasteiger partial charge in [0.2, 0.25) is 0 Å². The molecule has 0 fully saturated rings. The molecule has 0 aliphatic rings. The van der Waals surface area contributed by atoms with Gasteiger partial charge >= 0.3 is 0 Å². The monoisotopic (exact) mass is 328 g/mol. The molecule has 9 heteroatoms. The lowest BCUT2D eigenvalue weighted by Crippen LogP contribution is -2.17. The molecule has 8 nitrogen and oxygen atoms in total. The van der Waals surface area contributed by atoms with Gasteiger partial charge in [0.05, 0.1) is 18.1 Å². The van der Waals surface area contributed by atoms with E-state index in [-0.39, 0.29) is 11.7 Å². The fourth-order valence-corrected chi connectivity index (χ4v) is 1.93. The number of oxazole rings is 1. The number of rotatable bonds is 4. The normalized spacial score (nSPS) is 11.5. The quantitative estimate of drug-likeness (QED) is 0.291. The molecule has 0 aromatic carbocycles. The van der Waals surface area contributed by atoms with Crippen LogP contribution in [0.2, 0.25) is 0 Å². The number of hydrogen-bond donors (Lipinski definition) is 3. The van der Waals surface area contributed by atoms with Crippen molar-refractivity contribution in [2.75, 3.05) is 5.32 Å². The van der Waals surface area contributed by atoms with Crippen LogP contribution in [0.5, 0.6) is 0 Å². The first-order valence-corrected chi connectivity index (χ1v) is 6.86. The molecule has 24 heavy (non-hydrogen) atoms. The van der Waals surface area contributed by atoms with Gasteiger partial charge in [-0.05, 0) is 18.6 Å². The third-order valence-corrected chi connectivity index (χ3v) is 3.11. The zero-order valence-corrected chi connectivity index (χ0v) is 12.6. The van der Waals surface area contributed by atoms with Crippen molar-refractivity contribution in [2.45, 2.75) is 6.92 Å². The maximum Gasteiger partial charge on any atom is 0.299 e. The van der Waals surface area contributed by atoms with Gasteiger partial charge in [-0.3, -0.25) is 4.98 Å². The number of anilines is 2. The largest absolute Gasteiger partial charge is 0.422 e. The van der Waals surface area contributed by atoms with Gasteiger partial charge in [0, 0.05) is 12.3 Å². The second-order valence-corrected chi connectivity index (χ2v) is 4.92. The van der Waals surface area contributed by atoms with E-state index >= 15 is 0 Å². The zero-order chi connectivity index (χ0) is 17.1. The minimum absolute atomic E-state index is 0.158. The van der Waals surface area contributed by atoms with Gasteiger partial charge in [-0.15, -0.1) is 0 Å². The van der Waals surface area contributed by atoms with Gasteiger partial charge in [0.1, 0.15) is 11.4 Å². The van der Waals surface area contributed by atoms with E-state index in [2.05, 4.69) is 25.4 Å². The Labute approximate surface area is 135 Å². The topological polar surface area (TPSA) is 122 Å². The molecule has 4 N–H and O–H groups in total. The molecular formula is C15H13FN6O2. The van der Waals surface area contributed by atoms with Crippen molar-refractivity contribution in [1.82, 2.24) is 15.0 Å². The van der Waals surface area contributed by atoms with Gasteiger partial charge in [-0.2, -0.15) is 0 Å². The number of amidine groups is 1. The summed E-state index contributed by atoms with van der Waals surface area (Å²) in [5.74, 6) is -0.690. The summed E-state index contributed by atoms with van der Waals surface area (Å²) in [6, 6.07) is 5.01. The van der Waals surface area contributed by atoms with Crippen molar-refractivity contribution >= 4 is 17.5 Å². The standard InChI is InChI=1S/C15H13FN6O2/c1-8-2-3-11(18-5-8)12-7-20-15(24-12)21-9-4-10(16)13(19-6-9)14(17)22-23/h2-7,23H,1H3,(H2,17,22)(H,20,21). The van der Waals surface area contributed by atoms with Crippen LogP contribution in [0.25, 0.3) is 11.5 Å². The number of halogens is 1. The molecule has 3 rings (SSSR count). The Bertz CT molecular complexity index is 891. The summed E-state index contributed by atoms with van der Waals surface area (Å²) in [4.78, 5) is 12.1. The Kier molecular flexibility index (Phi) is 4.06. The van der Waals surface area contributed by atoms with E-state index in [0.717, 1.165) is 11.6 Å². The summed E-state index contributed by atoms with van der Waals surface area (Å²) in [6.45, 7) is 1.93. The van der Waals surface area contributed by atoms with Crippen LogP contribution in [0, 0.1) is 12.7 Å². The predicted octanol–water partition coefficient (Wildman–Crippen LogP) is 2.42. The van der Waals surface area contributed by atoms with Crippen LogP contribution in [-0.4, -0.2) is 26.0 Å². The Morgan fingerprint density at radius 3 is 2.75 bits per heavy atom. The van der Waals surface area contributed by atoms with Crippen LogP contribution in [-0.2, 0) is 0 Å². The molecule has 0 saturated carbocycles. The van der Waals surface area contributed by atoms with E-state index in [1.807, 2.05) is 19.1 Å². The zero-order valence-electron chi connectivity index (χ0n) is 12.6. The lowest BCUT2D eigenvalue weighted by atomic mass is 10.2. The lowest BCUT2D eigenvalue weighted by molar-refractivity contribution is 0.318. The van der Waals surface area contributed by atoms with E-state index in [4.69, 9.17) is 15.4 Å². The second kappa shape index (κ2) is 6.32. The van der Waals surface area contributed by atoms with Gasteiger partial charge in [0.25, 0.3) is 6.01 Å². The molecule has 0 radical (unpaired) electrons. The van der Waals surface area contributed by atoms with Crippen LogP contribution in [0.15, 0.2) is 46.4 Å². The fourth-order valence-electron chi connectivity index (χ4n) is 1.93. The summed E-state index contributed by atoms with van der Waals surface area (Å²) < 4.78 is 19.4. The third-order valence-electron chi connectivity index (χ3n) is 3.11. The molecular weight excluding hydrogens is 315 g/mol. The number of nitrogens with one attached hydrogen (secondary N) is 1. The van der Waals surface area contributed by atoms with Gasteiger partial charge in [0.15, 0.2) is 17.4 Å². The molecule has 3 aromatic rings. The van der Waals surface area contributed by atoms with Crippen LogP contribution >= 0.6 is 0 Å². The molecule has 0 spiro atoms. The number of aromatic nitrogens is 3. The number of nitrogens with two attached hydrogens (primary N) is 1. The minimum Gasteiger partial charge on any atom is -0.422 e. The number of nitrogens with zero attached hydrogens (tertiary/aromatic N) is 4. The van der Waals surface area contributed by atoms with Crippen molar-refractivity contribution in [3.63, 3.8) is 0 Å². The first-order valence-electron chi connectivity index (χ1n) is 6.86. The van der Waals surface area contributed by atoms with Crippen molar-refractivity contribution < 1.29 is 14.0 Å². The highest BCUT2D eigenvalue weighted by Gasteiger charge is 2.12. The van der Waals surface area contributed by atoms with E-state index in [1.165, 1.54) is 12.4 Å². The maximum absolute atomic E-state index is 13.9. The highest BCUT2D eigenvalue weighted by atomic mass is 19.1. The van der Waals surface area contributed by atoms with E-state index in [0.29, 0.717) is 17.1 Å². The van der Waals surface area contributed by atoms with E-state index in [1.54, 1.807) is 6.20 Å². The summed E-state index contributed by atoms with van der Waals surface area (Å²) >= 11 is 0. The highest BCUT2D eigenvalue weighted by molar-refractivity contribution is 5.95. The predicted molar refractivity (Wildman–Crippen MR) is 84.5 cm³/mol. The number of aryl methyl sites for hydroxylation is 1. The fraction of sp³-hybridized carbons (Fsp3) is 0.0667. The molecule has 0 aliphatic carbocycles. The van der Waals surface area contributed by atoms with Crippen LogP contribution in [0.3, 0.4) is 0 Å². The molecule has 0 aliphatic heterocycles. The Morgan fingerprint density at radius 2 is 2.08 bits per heavy atom. The molecule has 0 bridgehead atoms. The summed E-state index contributed by atoms with van der Waals surface area (Å²) in [6.07, 6.45) is 4.54. The van der Waals surface area contributed by atoms with Gasteiger partial charge < -0.3 is 20.7 Å². The number of hydrogen-bond acceptors (Lipinski definition) is 7. The van der Waals surface area contributed by atoms with Crippen molar-refractivity contribution in [3.8, 4) is 11.5 Å². The molecule has 0 unspecified atom stereocenters. The Morgan fingerprint density at radius 1 is 1.25 bits per heavy atom. The Hall–Kier alpha value is -3.49. The highest BCUT2D eigenvalue weighted by Crippen LogP contribution is 2.23. The van der Waals surface area contributed by atoms with Gasteiger partial charge in [-0.1, -0.05) is 11.2 Å². The van der Waals surface area contributed by atoms with Crippen molar-refractivity contribution in [1.29, 1.82) is 0 Å². The average molecular weight is 328 g/mol. The van der Waals surface area contributed by atoms with Crippen LogP contribution in [0.1, 0.15) is 11.3 Å². The molecule has 3 heterocycles. The van der Waals surface area contributed by atoms with E-state index < -0.39 is 11.7 Å². The number of oxime groups is 1. The van der Waals surface area contributed by atoms with Crippen molar-refractivity contribution in [2.24, 2.45) is 10.9 Å². The maximum atomic E-state index is 13.9. The minimum atomic E-state index is -0.748. The smallest absolute Gasteiger partial charge is 0.299 e. The first-order chi connectivity index (χ1) is 11.6. The Balaban J connectivity index is 1.80. The summed E-state index contributed by atoms with van der Waals surface area (Å²) in [5.41, 5.74) is 7.03. The van der Waals surface area contributed by atoms with Gasteiger partial charge in [-0.25, -0.2) is 14.4 Å². The van der Waals surface area contributed by atoms with Crippen molar-refractivity contribution in [3.05, 3.63) is 53.9 Å². The molecule has 0 saturated heterocycles. The SMILES string of the molecule is Cc1ccc(-c2cnc(Nc3cnc(/C(N)=N/O)c(F)c3)o2)nc1.